The maximum atomic E-state index is 8.83. The van der Waals surface area contributed by atoms with Crippen molar-refractivity contribution in [2.45, 2.75) is 37.6 Å². The van der Waals surface area contributed by atoms with E-state index in [2.05, 4.69) is 74.5 Å². The summed E-state index contributed by atoms with van der Waals surface area (Å²) in [4.78, 5) is 17.7. The van der Waals surface area contributed by atoms with E-state index in [0.717, 1.165) is 31.8 Å². The van der Waals surface area contributed by atoms with E-state index < -0.39 is 0 Å². The summed E-state index contributed by atoms with van der Waals surface area (Å²) in [6.45, 7) is 2.23. The number of hydrogen-bond donors (Lipinski definition) is 1. The Morgan fingerprint density at radius 3 is 2.48 bits per heavy atom. The first-order chi connectivity index (χ1) is 15.1. The van der Waals surface area contributed by atoms with Gasteiger partial charge >= 0.3 is 0 Å². The fraction of sp³-hybridized carbons (Fsp3) is 0.417. The van der Waals surface area contributed by atoms with Gasteiger partial charge in [0.2, 0.25) is 0 Å². The van der Waals surface area contributed by atoms with Crippen LogP contribution in [-0.4, -0.2) is 54.3 Å². The molecule has 0 amide bonds. The van der Waals surface area contributed by atoms with Crippen LogP contribution >= 0.6 is 0 Å². The van der Waals surface area contributed by atoms with Crippen molar-refractivity contribution in [3.8, 4) is 6.07 Å². The lowest BCUT2D eigenvalue weighted by atomic mass is 9.95. The molecule has 0 saturated carbocycles. The zero-order valence-electron chi connectivity index (χ0n) is 18.2. The average Bonchev–Trinajstić information content (AvgIpc) is 3.05. The molecule has 0 bridgehead atoms. The van der Waals surface area contributed by atoms with Gasteiger partial charge in [-0.05, 0) is 63.6 Å². The molecule has 0 radical (unpaired) electrons. The predicted molar refractivity (Wildman–Crippen MR) is 124 cm³/mol. The maximum absolute atomic E-state index is 8.83. The minimum absolute atomic E-state index is 0.288. The van der Waals surface area contributed by atoms with Gasteiger partial charge in [0.1, 0.15) is 17.7 Å². The quantitative estimate of drug-likeness (QED) is 0.800. The number of nitriles is 1. The number of anilines is 2. The van der Waals surface area contributed by atoms with Crippen molar-refractivity contribution in [1.82, 2.24) is 14.9 Å². The van der Waals surface area contributed by atoms with Crippen LogP contribution in [0.1, 0.15) is 42.9 Å². The summed E-state index contributed by atoms with van der Waals surface area (Å²) in [6.07, 6.45) is 11.5. The summed E-state index contributed by atoms with van der Waals surface area (Å²) < 4.78 is 0. The van der Waals surface area contributed by atoms with Crippen LogP contribution in [-0.2, 0) is 0 Å². The van der Waals surface area contributed by atoms with Crippen molar-refractivity contribution in [2.75, 3.05) is 37.4 Å². The molecule has 2 aromatic rings. The Kier molecular flexibility index (Phi) is 6.58. The van der Waals surface area contributed by atoms with Gasteiger partial charge in [-0.25, -0.2) is 15.0 Å². The van der Waals surface area contributed by atoms with Gasteiger partial charge in [0.15, 0.2) is 5.69 Å². The van der Waals surface area contributed by atoms with E-state index in [4.69, 9.17) is 5.26 Å². The fourth-order valence-electron chi connectivity index (χ4n) is 4.19. The third kappa shape index (κ3) is 5.28. The number of aliphatic imine (C=N–C) groups is 1. The van der Waals surface area contributed by atoms with Crippen molar-refractivity contribution in [3.63, 3.8) is 0 Å². The molecule has 0 aliphatic carbocycles. The molecule has 1 aromatic carbocycles. The maximum Gasteiger partial charge on any atom is 0.158 e. The Morgan fingerprint density at radius 1 is 1.06 bits per heavy atom. The minimum atomic E-state index is 0.288. The van der Waals surface area contributed by atoms with Gasteiger partial charge in [-0.15, -0.1) is 0 Å². The van der Waals surface area contributed by atoms with Gasteiger partial charge < -0.3 is 15.1 Å². The molecule has 2 aliphatic rings. The smallest absolute Gasteiger partial charge is 0.158 e. The van der Waals surface area contributed by atoms with Gasteiger partial charge in [0.05, 0.1) is 12.4 Å². The number of allylic oxidation sites excluding steroid dienone is 1. The van der Waals surface area contributed by atoms with Crippen LogP contribution in [0.3, 0.4) is 0 Å². The third-order valence-corrected chi connectivity index (χ3v) is 6.11. The first-order valence-electron chi connectivity index (χ1n) is 10.9. The van der Waals surface area contributed by atoms with E-state index in [1.54, 1.807) is 6.20 Å². The second-order valence-corrected chi connectivity index (χ2v) is 8.35. The van der Waals surface area contributed by atoms with Gasteiger partial charge in [-0.2, -0.15) is 5.26 Å². The molecule has 2 aliphatic heterocycles. The molecule has 160 valence electrons. The molecule has 3 heterocycles. The summed E-state index contributed by atoms with van der Waals surface area (Å²) in [5, 5.41) is 12.0. The zero-order valence-corrected chi connectivity index (χ0v) is 18.2. The summed E-state index contributed by atoms with van der Waals surface area (Å²) in [5.74, 6) is 1.64. The van der Waals surface area contributed by atoms with E-state index in [1.807, 2.05) is 12.3 Å². The minimum Gasteiger partial charge on any atom is -0.371 e. The second kappa shape index (κ2) is 9.71. The first-order valence-corrected chi connectivity index (χ1v) is 10.9. The lowest BCUT2D eigenvalue weighted by Gasteiger charge is -2.36. The topological polar surface area (TPSA) is 80.4 Å². The summed E-state index contributed by atoms with van der Waals surface area (Å²) in [6, 6.07) is 11.7. The number of rotatable bonds is 5. The molecule has 1 fully saturated rings. The highest BCUT2D eigenvalue weighted by atomic mass is 15.2. The van der Waals surface area contributed by atoms with Crippen LogP contribution in [0.2, 0.25) is 0 Å². The molecule has 7 heteroatoms. The fourth-order valence-corrected chi connectivity index (χ4v) is 4.19. The third-order valence-electron chi connectivity index (χ3n) is 6.11. The number of aromatic nitrogens is 2. The summed E-state index contributed by atoms with van der Waals surface area (Å²) in [5.41, 5.74) is 2.91. The van der Waals surface area contributed by atoms with Crippen molar-refractivity contribution in [3.05, 3.63) is 59.8 Å². The highest BCUT2D eigenvalue weighted by Gasteiger charge is 2.21. The van der Waals surface area contributed by atoms with Gasteiger partial charge in [0, 0.05) is 37.0 Å². The first kappa shape index (κ1) is 21.0. The van der Waals surface area contributed by atoms with Crippen LogP contribution in [0.5, 0.6) is 0 Å². The molecule has 31 heavy (non-hydrogen) atoms. The summed E-state index contributed by atoms with van der Waals surface area (Å²) >= 11 is 0. The Bertz CT molecular complexity index is 962. The molecule has 1 saturated heterocycles. The lowest BCUT2D eigenvalue weighted by Crippen LogP contribution is -2.41. The van der Waals surface area contributed by atoms with Crippen molar-refractivity contribution in [2.24, 2.45) is 4.99 Å². The Labute approximate surface area is 184 Å². The molecular formula is C24H29N7. The standard InChI is InChI=1S/C24H29N7/c1-30(2)21-10-12-31(13-11-21)22-8-6-18(7-9-22)19-4-3-5-23(27-15-19)29-24-17-26-20(14-25)16-28-24/h5-9,15-17,19,21H,3-4,10-13H2,1-2H3,(H,28,29). The van der Waals surface area contributed by atoms with Crippen molar-refractivity contribution in [1.29, 1.82) is 5.26 Å². The SMILES string of the molecule is CN(C)C1CCN(c2ccc(C3C=NC(Nc4cnc(C#N)cn4)=CCC3)cc2)CC1. The van der Waals surface area contributed by atoms with Crippen molar-refractivity contribution >= 4 is 17.7 Å². The van der Waals surface area contributed by atoms with E-state index in [9.17, 15) is 0 Å². The molecule has 1 unspecified atom stereocenters. The number of nitrogens with one attached hydrogen (secondary N) is 1. The Hall–Kier alpha value is -3.24. The highest BCUT2D eigenvalue weighted by molar-refractivity contribution is 5.70. The van der Waals surface area contributed by atoms with Crippen LogP contribution in [0.4, 0.5) is 11.5 Å². The van der Waals surface area contributed by atoms with Gasteiger partial charge in [-0.3, -0.25) is 0 Å². The van der Waals surface area contributed by atoms with Crippen LogP contribution in [0, 0.1) is 11.3 Å². The molecule has 1 N–H and O–H groups in total. The number of benzene rings is 1. The zero-order chi connectivity index (χ0) is 21.6. The molecular weight excluding hydrogens is 386 g/mol. The Morgan fingerprint density at radius 2 is 1.84 bits per heavy atom. The monoisotopic (exact) mass is 415 g/mol. The molecule has 1 aromatic heterocycles. The Balaban J connectivity index is 1.36. The molecule has 1 atom stereocenters. The number of hydrogen-bond acceptors (Lipinski definition) is 7. The molecule has 4 rings (SSSR count). The lowest BCUT2D eigenvalue weighted by molar-refractivity contribution is 0.249. The van der Waals surface area contributed by atoms with E-state index in [0.29, 0.717) is 17.6 Å². The van der Waals surface area contributed by atoms with E-state index in [1.165, 1.54) is 30.3 Å². The van der Waals surface area contributed by atoms with Crippen molar-refractivity contribution < 1.29 is 0 Å². The largest absolute Gasteiger partial charge is 0.371 e. The van der Waals surface area contributed by atoms with E-state index >= 15 is 0 Å². The van der Waals surface area contributed by atoms with E-state index in [-0.39, 0.29) is 5.92 Å². The molecule has 7 nitrogen and oxygen atoms in total. The second-order valence-electron chi connectivity index (χ2n) is 8.35. The normalized spacial score (nSPS) is 19.6. The van der Waals surface area contributed by atoms with Gasteiger partial charge in [0.25, 0.3) is 0 Å². The average molecular weight is 416 g/mol. The number of nitrogens with zero attached hydrogens (tertiary/aromatic N) is 6. The van der Waals surface area contributed by atoms with Gasteiger partial charge in [-0.1, -0.05) is 12.1 Å². The number of piperidine rings is 1. The highest BCUT2D eigenvalue weighted by Crippen LogP contribution is 2.27. The van der Waals surface area contributed by atoms with Crippen LogP contribution < -0.4 is 10.2 Å². The van der Waals surface area contributed by atoms with Crippen LogP contribution in [0.15, 0.2) is 53.5 Å². The summed E-state index contributed by atoms with van der Waals surface area (Å²) in [7, 11) is 4.36. The van der Waals surface area contributed by atoms with Crippen LogP contribution in [0.25, 0.3) is 0 Å². The molecule has 0 spiro atoms. The predicted octanol–water partition coefficient (Wildman–Crippen LogP) is 3.78.